The molecular formula is C22H30N6O2. The summed E-state index contributed by atoms with van der Waals surface area (Å²) in [5.41, 5.74) is 6.29. The number of piperidine rings is 1. The van der Waals surface area contributed by atoms with Crippen molar-refractivity contribution in [3.63, 3.8) is 0 Å². The van der Waals surface area contributed by atoms with Crippen molar-refractivity contribution in [1.82, 2.24) is 29.3 Å². The van der Waals surface area contributed by atoms with Crippen LogP contribution < -0.4 is 5.56 Å². The van der Waals surface area contributed by atoms with Crippen molar-refractivity contribution < 1.29 is 4.79 Å². The number of carbonyl (C=O) groups excluding carboxylic acids is 1. The van der Waals surface area contributed by atoms with Crippen LogP contribution in [-0.4, -0.2) is 48.3 Å². The third kappa shape index (κ3) is 3.55. The number of aromatic nitrogens is 5. The molecule has 1 amide bonds. The van der Waals surface area contributed by atoms with E-state index >= 15 is 0 Å². The van der Waals surface area contributed by atoms with Crippen LogP contribution in [0.5, 0.6) is 0 Å². The number of nitrogens with zero attached hydrogens (tertiary/aromatic N) is 5. The zero-order valence-electron chi connectivity index (χ0n) is 18.4. The summed E-state index contributed by atoms with van der Waals surface area (Å²) in [6.45, 7) is 11.8. The van der Waals surface area contributed by atoms with Gasteiger partial charge in [0.1, 0.15) is 0 Å². The second-order valence-electron chi connectivity index (χ2n) is 8.48. The number of carbonyl (C=O) groups is 1. The van der Waals surface area contributed by atoms with Crippen molar-refractivity contribution >= 4 is 11.6 Å². The molecule has 1 atom stereocenters. The summed E-state index contributed by atoms with van der Waals surface area (Å²) in [6.07, 6.45) is 2.38. The van der Waals surface area contributed by atoms with Gasteiger partial charge >= 0.3 is 0 Å². The number of rotatable bonds is 4. The molecule has 0 saturated carbocycles. The van der Waals surface area contributed by atoms with Gasteiger partial charge in [-0.2, -0.15) is 5.10 Å². The quantitative estimate of drug-likeness (QED) is 0.716. The molecule has 0 radical (unpaired) electrons. The first-order chi connectivity index (χ1) is 14.3. The van der Waals surface area contributed by atoms with Crippen molar-refractivity contribution in [2.24, 2.45) is 0 Å². The number of amides is 1. The Hall–Kier alpha value is -2.90. The number of nitrogens with one attached hydrogen (secondary N) is 1. The minimum absolute atomic E-state index is 0.0623. The highest BCUT2D eigenvalue weighted by Gasteiger charge is 2.26. The molecule has 8 heteroatoms. The Bertz CT molecular complexity index is 1170. The highest BCUT2D eigenvalue weighted by atomic mass is 16.2. The molecule has 30 heavy (non-hydrogen) atoms. The summed E-state index contributed by atoms with van der Waals surface area (Å²) in [5.74, 6) is 0.336. The molecule has 0 aliphatic carbocycles. The average molecular weight is 411 g/mol. The number of likely N-dealkylation sites (tertiary alicyclic amines) is 1. The number of hydrogen-bond acceptors (Lipinski definition) is 4. The van der Waals surface area contributed by atoms with Gasteiger partial charge in [0.25, 0.3) is 5.56 Å². The molecule has 1 fully saturated rings. The fourth-order valence-electron chi connectivity index (χ4n) is 4.27. The molecule has 1 aliphatic rings. The molecule has 1 N–H and O–H groups in total. The maximum Gasteiger partial charge on any atom is 0.275 e. The second-order valence-corrected chi connectivity index (χ2v) is 8.48. The third-order valence-electron chi connectivity index (χ3n) is 6.60. The Morgan fingerprint density at radius 3 is 2.63 bits per heavy atom. The summed E-state index contributed by atoms with van der Waals surface area (Å²) >= 11 is 0. The van der Waals surface area contributed by atoms with Gasteiger partial charge in [0, 0.05) is 60.7 Å². The molecule has 3 aromatic rings. The van der Waals surface area contributed by atoms with E-state index < -0.39 is 0 Å². The van der Waals surface area contributed by atoms with Gasteiger partial charge in [-0.1, -0.05) is 0 Å². The molecule has 0 spiro atoms. The van der Waals surface area contributed by atoms with Crippen LogP contribution in [0.25, 0.3) is 5.65 Å². The summed E-state index contributed by atoms with van der Waals surface area (Å²) < 4.78 is 3.45. The molecule has 0 bridgehead atoms. The van der Waals surface area contributed by atoms with Gasteiger partial charge in [-0.25, -0.2) is 9.50 Å². The van der Waals surface area contributed by atoms with E-state index in [0.717, 1.165) is 42.2 Å². The van der Waals surface area contributed by atoms with E-state index in [1.165, 1.54) is 10.1 Å². The summed E-state index contributed by atoms with van der Waals surface area (Å²) in [4.78, 5) is 31.9. The Labute approximate surface area is 175 Å². The minimum Gasteiger partial charge on any atom is -0.342 e. The van der Waals surface area contributed by atoms with Crippen LogP contribution in [-0.2, 0) is 11.3 Å². The molecule has 160 valence electrons. The predicted octanol–water partition coefficient (Wildman–Crippen LogP) is 2.56. The van der Waals surface area contributed by atoms with Gasteiger partial charge in [-0.05, 0) is 53.0 Å². The summed E-state index contributed by atoms with van der Waals surface area (Å²) in [6, 6.07) is 1.95. The number of fused-ring (bicyclic) bond motifs is 1. The smallest absolute Gasteiger partial charge is 0.275 e. The summed E-state index contributed by atoms with van der Waals surface area (Å²) in [7, 11) is 0. The number of hydrogen-bond donors (Lipinski definition) is 1. The molecular weight excluding hydrogens is 380 g/mol. The van der Waals surface area contributed by atoms with Crippen molar-refractivity contribution in [1.29, 1.82) is 0 Å². The van der Waals surface area contributed by atoms with Gasteiger partial charge in [-0.15, -0.1) is 0 Å². The van der Waals surface area contributed by atoms with Crippen LogP contribution in [0, 0.1) is 34.6 Å². The number of H-pyrrole nitrogens is 1. The number of aryl methyl sites for hydroxylation is 3. The lowest BCUT2D eigenvalue weighted by atomic mass is 9.94. The van der Waals surface area contributed by atoms with Gasteiger partial charge < -0.3 is 4.90 Å². The molecule has 4 rings (SSSR count). The van der Waals surface area contributed by atoms with Crippen LogP contribution in [0.15, 0.2) is 10.9 Å². The minimum atomic E-state index is -0.0623. The van der Waals surface area contributed by atoms with Gasteiger partial charge in [0.05, 0.1) is 5.69 Å². The molecule has 0 aromatic carbocycles. The van der Waals surface area contributed by atoms with Crippen LogP contribution in [0.2, 0.25) is 0 Å². The van der Waals surface area contributed by atoms with Gasteiger partial charge in [0.2, 0.25) is 5.91 Å². The molecule has 1 unspecified atom stereocenters. The summed E-state index contributed by atoms with van der Waals surface area (Å²) in [5, 5.41) is 7.76. The highest BCUT2D eigenvalue weighted by molar-refractivity contribution is 5.76. The predicted molar refractivity (Wildman–Crippen MR) is 115 cm³/mol. The monoisotopic (exact) mass is 410 g/mol. The SMILES string of the molecule is Cc1nn(CCC(=O)N2CCCC(c3cc4nc(C)c(C)c(=O)n4[nH]3)C2)c(C)c1C. The Morgan fingerprint density at radius 1 is 1.17 bits per heavy atom. The third-order valence-corrected chi connectivity index (χ3v) is 6.60. The fourth-order valence-corrected chi connectivity index (χ4v) is 4.27. The molecule has 1 saturated heterocycles. The topological polar surface area (TPSA) is 88.3 Å². The fraction of sp³-hybridized carbons (Fsp3) is 0.545. The second kappa shape index (κ2) is 7.74. The first kappa shape index (κ1) is 20.4. The normalized spacial score (nSPS) is 17.1. The van der Waals surface area contributed by atoms with E-state index in [0.29, 0.717) is 30.7 Å². The van der Waals surface area contributed by atoms with Crippen LogP contribution in [0.4, 0.5) is 0 Å². The van der Waals surface area contributed by atoms with E-state index in [4.69, 9.17) is 0 Å². The van der Waals surface area contributed by atoms with E-state index in [1.54, 1.807) is 6.92 Å². The first-order valence-electron chi connectivity index (χ1n) is 10.6. The zero-order chi connectivity index (χ0) is 21.6. The van der Waals surface area contributed by atoms with Crippen molar-refractivity contribution in [3.8, 4) is 0 Å². The Kier molecular flexibility index (Phi) is 5.26. The van der Waals surface area contributed by atoms with Crippen LogP contribution >= 0.6 is 0 Å². The number of aromatic amines is 1. The molecule has 3 aromatic heterocycles. The molecule has 4 heterocycles. The van der Waals surface area contributed by atoms with Gasteiger partial charge in [-0.3, -0.25) is 19.4 Å². The molecule has 1 aliphatic heterocycles. The standard InChI is InChI=1S/C22H30N6O2/c1-13-16(4)24-27(17(13)5)10-8-21(29)26-9-6-7-18(12-26)19-11-20-23-15(3)14(2)22(30)28(20)25-19/h11,18,25H,6-10,12H2,1-5H3. The van der Waals surface area contributed by atoms with Gasteiger partial charge in [0.15, 0.2) is 5.65 Å². The lowest BCUT2D eigenvalue weighted by Crippen LogP contribution is -2.39. The largest absolute Gasteiger partial charge is 0.342 e. The Balaban J connectivity index is 1.47. The van der Waals surface area contributed by atoms with Crippen molar-refractivity contribution in [3.05, 3.63) is 50.3 Å². The van der Waals surface area contributed by atoms with E-state index in [-0.39, 0.29) is 17.4 Å². The Morgan fingerprint density at radius 2 is 1.93 bits per heavy atom. The van der Waals surface area contributed by atoms with Crippen LogP contribution in [0.3, 0.4) is 0 Å². The van der Waals surface area contributed by atoms with Crippen LogP contribution in [0.1, 0.15) is 59.1 Å². The maximum atomic E-state index is 12.9. The van der Waals surface area contributed by atoms with E-state index in [2.05, 4.69) is 22.1 Å². The average Bonchev–Trinajstić information content (AvgIpc) is 3.27. The molecule has 8 nitrogen and oxygen atoms in total. The maximum absolute atomic E-state index is 12.9. The van der Waals surface area contributed by atoms with Crippen molar-refractivity contribution in [2.75, 3.05) is 13.1 Å². The van der Waals surface area contributed by atoms with Crippen molar-refractivity contribution in [2.45, 2.75) is 66.3 Å². The van der Waals surface area contributed by atoms with E-state index in [9.17, 15) is 9.59 Å². The highest BCUT2D eigenvalue weighted by Crippen LogP contribution is 2.27. The lowest BCUT2D eigenvalue weighted by molar-refractivity contribution is -0.132. The van der Waals surface area contributed by atoms with E-state index in [1.807, 2.05) is 36.4 Å². The lowest BCUT2D eigenvalue weighted by Gasteiger charge is -2.32. The zero-order valence-corrected chi connectivity index (χ0v) is 18.4. The first-order valence-corrected chi connectivity index (χ1v) is 10.6.